The van der Waals surface area contributed by atoms with Gasteiger partial charge in [0.1, 0.15) is 6.10 Å². The quantitative estimate of drug-likeness (QED) is 0.595. The zero-order valence-electron chi connectivity index (χ0n) is 11.2. The first kappa shape index (κ1) is 15.3. The van der Waals surface area contributed by atoms with E-state index in [1.165, 1.54) is 0 Å². The standard InChI is InChI=1S/C13H13F2NO5/c1-2-3-20-13-10(17)6-12(13)21-11-5-7(14)9(16(18)19)4-8(11)15/h4-5,12-13H,2-3,6H2,1H3. The van der Waals surface area contributed by atoms with Crippen LogP contribution in [-0.4, -0.2) is 29.5 Å². The third kappa shape index (κ3) is 3.15. The zero-order chi connectivity index (χ0) is 15.6. The molecule has 1 aromatic carbocycles. The molecular formula is C13H13F2NO5. The van der Waals surface area contributed by atoms with Gasteiger partial charge >= 0.3 is 5.69 Å². The summed E-state index contributed by atoms with van der Waals surface area (Å²) in [5.74, 6) is -2.90. The lowest BCUT2D eigenvalue weighted by atomic mass is 9.90. The number of hydrogen-bond acceptors (Lipinski definition) is 5. The largest absolute Gasteiger partial charge is 0.484 e. The van der Waals surface area contributed by atoms with Crippen molar-refractivity contribution in [3.05, 3.63) is 33.9 Å². The van der Waals surface area contributed by atoms with Gasteiger partial charge in [-0.05, 0) is 6.42 Å². The number of carbonyl (C=O) groups is 1. The fourth-order valence-electron chi connectivity index (χ4n) is 1.93. The molecule has 1 saturated carbocycles. The summed E-state index contributed by atoms with van der Waals surface area (Å²) in [6.07, 6.45) is -0.772. The van der Waals surface area contributed by atoms with Crippen LogP contribution in [0, 0.1) is 21.7 Å². The van der Waals surface area contributed by atoms with E-state index in [0.29, 0.717) is 25.2 Å². The zero-order valence-corrected chi connectivity index (χ0v) is 11.2. The Morgan fingerprint density at radius 2 is 2.10 bits per heavy atom. The molecule has 21 heavy (non-hydrogen) atoms. The highest BCUT2D eigenvalue weighted by atomic mass is 19.1. The van der Waals surface area contributed by atoms with Gasteiger partial charge in [-0.25, -0.2) is 4.39 Å². The van der Waals surface area contributed by atoms with Crippen molar-refractivity contribution in [2.24, 2.45) is 0 Å². The molecule has 2 rings (SSSR count). The molecule has 0 saturated heterocycles. The molecule has 1 aliphatic carbocycles. The number of halogens is 2. The first-order chi connectivity index (χ1) is 9.93. The van der Waals surface area contributed by atoms with E-state index in [0.717, 1.165) is 0 Å². The number of nitro benzene ring substituents is 1. The summed E-state index contributed by atoms with van der Waals surface area (Å²) in [7, 11) is 0. The van der Waals surface area contributed by atoms with Gasteiger partial charge < -0.3 is 9.47 Å². The molecule has 0 aromatic heterocycles. The molecule has 0 spiro atoms. The van der Waals surface area contributed by atoms with Crippen molar-refractivity contribution in [2.45, 2.75) is 32.0 Å². The maximum atomic E-state index is 13.7. The molecule has 1 aromatic rings. The number of ketones is 1. The number of nitro groups is 1. The van der Waals surface area contributed by atoms with Crippen LogP contribution in [0.2, 0.25) is 0 Å². The number of rotatable bonds is 6. The molecule has 0 amide bonds. The highest BCUT2D eigenvalue weighted by Gasteiger charge is 2.43. The summed E-state index contributed by atoms with van der Waals surface area (Å²) in [4.78, 5) is 20.8. The topological polar surface area (TPSA) is 78.7 Å². The second-order valence-corrected chi connectivity index (χ2v) is 4.61. The first-order valence-corrected chi connectivity index (χ1v) is 6.38. The molecule has 114 valence electrons. The minimum absolute atomic E-state index is 0.0342. The van der Waals surface area contributed by atoms with Crippen LogP contribution < -0.4 is 4.74 Å². The predicted octanol–water partition coefficient (Wildman–Crippen LogP) is 2.39. The molecule has 8 heteroatoms. The van der Waals surface area contributed by atoms with Gasteiger partial charge in [0, 0.05) is 19.1 Å². The van der Waals surface area contributed by atoms with Gasteiger partial charge in [-0.3, -0.25) is 14.9 Å². The highest BCUT2D eigenvalue weighted by molar-refractivity contribution is 5.90. The molecular weight excluding hydrogens is 288 g/mol. The molecule has 0 radical (unpaired) electrons. The van der Waals surface area contributed by atoms with Gasteiger partial charge in [-0.2, -0.15) is 4.39 Å². The van der Waals surface area contributed by atoms with Crippen molar-refractivity contribution in [1.82, 2.24) is 0 Å². The van der Waals surface area contributed by atoms with E-state index in [2.05, 4.69) is 0 Å². The second-order valence-electron chi connectivity index (χ2n) is 4.61. The van der Waals surface area contributed by atoms with Crippen molar-refractivity contribution in [1.29, 1.82) is 0 Å². The average molecular weight is 301 g/mol. The summed E-state index contributed by atoms with van der Waals surface area (Å²) < 4.78 is 37.6. The summed E-state index contributed by atoms with van der Waals surface area (Å²) in [5.41, 5.74) is -0.969. The van der Waals surface area contributed by atoms with Crippen LogP contribution in [0.3, 0.4) is 0 Å². The highest BCUT2D eigenvalue weighted by Crippen LogP contribution is 2.31. The van der Waals surface area contributed by atoms with E-state index in [4.69, 9.17) is 9.47 Å². The molecule has 0 N–H and O–H groups in total. The van der Waals surface area contributed by atoms with Crippen molar-refractivity contribution in [3.63, 3.8) is 0 Å². The molecule has 0 bridgehead atoms. The van der Waals surface area contributed by atoms with Gasteiger partial charge in [-0.15, -0.1) is 0 Å². The SMILES string of the molecule is CCCOC1C(=O)CC1Oc1cc(F)c([N+](=O)[O-])cc1F. The van der Waals surface area contributed by atoms with Crippen LogP contribution in [-0.2, 0) is 9.53 Å². The van der Waals surface area contributed by atoms with Gasteiger partial charge in [0.2, 0.25) is 5.82 Å². The van der Waals surface area contributed by atoms with Crippen LogP contribution in [0.5, 0.6) is 5.75 Å². The van der Waals surface area contributed by atoms with Gasteiger partial charge in [-0.1, -0.05) is 6.92 Å². The molecule has 0 aliphatic heterocycles. The number of ether oxygens (including phenoxy) is 2. The van der Waals surface area contributed by atoms with Crippen LogP contribution in [0.4, 0.5) is 14.5 Å². The number of nitrogens with zero attached hydrogens (tertiary/aromatic N) is 1. The summed E-state index contributed by atoms with van der Waals surface area (Å²) in [6.45, 7) is 2.22. The van der Waals surface area contributed by atoms with E-state index in [9.17, 15) is 23.7 Å². The Labute approximate surface area is 118 Å². The summed E-state index contributed by atoms with van der Waals surface area (Å²) in [6, 6.07) is 1.06. The van der Waals surface area contributed by atoms with Crippen molar-refractivity contribution in [2.75, 3.05) is 6.61 Å². The van der Waals surface area contributed by atoms with E-state index in [1.54, 1.807) is 0 Å². The number of carbonyl (C=O) groups excluding carboxylic acids is 1. The first-order valence-electron chi connectivity index (χ1n) is 6.38. The molecule has 1 aliphatic rings. The number of Topliss-reactive ketones (excluding diaryl/α,β-unsaturated/α-hetero) is 1. The van der Waals surface area contributed by atoms with Gasteiger partial charge in [0.15, 0.2) is 23.5 Å². The lowest BCUT2D eigenvalue weighted by Gasteiger charge is -2.34. The predicted molar refractivity (Wildman–Crippen MR) is 67.1 cm³/mol. The minimum Gasteiger partial charge on any atom is -0.484 e. The Morgan fingerprint density at radius 3 is 2.67 bits per heavy atom. The van der Waals surface area contributed by atoms with Crippen molar-refractivity contribution < 1.29 is 28.0 Å². The Morgan fingerprint density at radius 1 is 1.38 bits per heavy atom. The van der Waals surface area contributed by atoms with Crippen molar-refractivity contribution >= 4 is 11.5 Å². The van der Waals surface area contributed by atoms with Crippen LogP contribution in [0.15, 0.2) is 12.1 Å². The monoisotopic (exact) mass is 301 g/mol. The minimum atomic E-state index is -1.20. The summed E-state index contributed by atoms with van der Waals surface area (Å²) in [5, 5.41) is 10.5. The lowest BCUT2D eigenvalue weighted by molar-refractivity contribution is -0.387. The molecule has 2 unspecified atom stereocenters. The Balaban J connectivity index is 2.11. The molecule has 2 atom stereocenters. The smallest absolute Gasteiger partial charge is 0.307 e. The normalized spacial score (nSPS) is 21.0. The summed E-state index contributed by atoms with van der Waals surface area (Å²) >= 11 is 0. The van der Waals surface area contributed by atoms with E-state index >= 15 is 0 Å². The molecule has 6 nitrogen and oxygen atoms in total. The molecule has 1 fully saturated rings. The third-order valence-corrected chi connectivity index (χ3v) is 3.04. The third-order valence-electron chi connectivity index (χ3n) is 3.04. The molecule has 0 heterocycles. The maximum Gasteiger partial charge on any atom is 0.307 e. The van der Waals surface area contributed by atoms with E-state index in [-0.39, 0.29) is 12.2 Å². The van der Waals surface area contributed by atoms with Crippen LogP contribution >= 0.6 is 0 Å². The van der Waals surface area contributed by atoms with Crippen LogP contribution in [0.1, 0.15) is 19.8 Å². The lowest BCUT2D eigenvalue weighted by Crippen LogP contribution is -2.52. The van der Waals surface area contributed by atoms with Gasteiger partial charge in [0.25, 0.3) is 0 Å². The Hall–Kier alpha value is -2.09. The second kappa shape index (κ2) is 6.13. The van der Waals surface area contributed by atoms with Crippen LogP contribution in [0.25, 0.3) is 0 Å². The van der Waals surface area contributed by atoms with Crippen molar-refractivity contribution in [3.8, 4) is 5.75 Å². The number of benzene rings is 1. The van der Waals surface area contributed by atoms with E-state index in [1.807, 2.05) is 6.92 Å². The van der Waals surface area contributed by atoms with Gasteiger partial charge in [0.05, 0.1) is 11.0 Å². The average Bonchev–Trinajstić information content (AvgIpc) is 2.41. The fraction of sp³-hybridized carbons (Fsp3) is 0.462. The fourth-order valence-corrected chi connectivity index (χ4v) is 1.93. The number of hydrogen-bond donors (Lipinski definition) is 0. The van der Waals surface area contributed by atoms with E-state index < -0.39 is 40.2 Å². The Bertz CT molecular complexity index is 578. The maximum absolute atomic E-state index is 13.7. The Kier molecular flexibility index (Phi) is 4.46.